The molecule has 1 saturated carbocycles. The van der Waals surface area contributed by atoms with E-state index in [2.05, 4.69) is 10.6 Å². The normalized spacial score (nSPS) is 17.9. The lowest BCUT2D eigenvalue weighted by Crippen LogP contribution is -2.46. The van der Waals surface area contributed by atoms with Gasteiger partial charge in [-0.1, -0.05) is 76.2 Å². The summed E-state index contributed by atoms with van der Waals surface area (Å²) in [5.74, 6) is 0.866. The van der Waals surface area contributed by atoms with Crippen molar-refractivity contribution in [2.45, 2.75) is 79.2 Å². The molecule has 1 aromatic rings. The monoisotopic (exact) mass is 485 g/mol. The van der Waals surface area contributed by atoms with Crippen molar-refractivity contribution in [2.24, 2.45) is 11.8 Å². The van der Waals surface area contributed by atoms with Crippen molar-refractivity contribution in [3.8, 4) is 0 Å². The first-order chi connectivity index (χ1) is 14.5. The van der Waals surface area contributed by atoms with Crippen molar-refractivity contribution in [1.82, 2.24) is 15.5 Å². The minimum Gasteiger partial charge on any atom is -0.356 e. The quantitative estimate of drug-likeness (QED) is 0.489. The first kappa shape index (κ1) is 28.6. The van der Waals surface area contributed by atoms with Gasteiger partial charge in [0.05, 0.1) is 0 Å². The zero-order chi connectivity index (χ0) is 21.3. The molecule has 5 nitrogen and oxygen atoms in total. The van der Waals surface area contributed by atoms with Crippen LogP contribution in [-0.4, -0.2) is 36.5 Å². The number of benzene rings is 1. The second-order valence-electron chi connectivity index (χ2n) is 8.61. The van der Waals surface area contributed by atoms with Gasteiger partial charge in [-0.15, -0.1) is 0 Å². The van der Waals surface area contributed by atoms with Gasteiger partial charge in [-0.25, -0.2) is 4.79 Å². The molecule has 1 saturated heterocycles. The van der Waals surface area contributed by atoms with Crippen molar-refractivity contribution in [1.29, 1.82) is 0 Å². The molecule has 0 atom stereocenters. The number of hydrogen-bond acceptors (Lipinski definition) is 2. The SMILES string of the molecule is C.C.O=C(NCC1CCN(C(=O)NCc2ccc(Cl)cc2Cl)CC1)C1CCCCCCC1. The number of nitrogens with zero attached hydrogens (tertiary/aromatic N) is 1. The molecule has 32 heavy (non-hydrogen) atoms. The average molecular weight is 487 g/mol. The van der Waals surface area contributed by atoms with Gasteiger partial charge in [0.2, 0.25) is 5.91 Å². The van der Waals surface area contributed by atoms with Gasteiger partial charge in [0.15, 0.2) is 0 Å². The minimum atomic E-state index is -0.0713. The molecule has 0 unspecified atom stereocenters. The molecule has 0 bridgehead atoms. The summed E-state index contributed by atoms with van der Waals surface area (Å²) in [5, 5.41) is 7.27. The number of halogens is 2. The van der Waals surface area contributed by atoms with Crippen molar-refractivity contribution in [2.75, 3.05) is 19.6 Å². The highest BCUT2D eigenvalue weighted by Crippen LogP contribution is 2.23. The fraction of sp³-hybridized carbons (Fsp3) is 0.680. The Morgan fingerprint density at radius 1 is 0.906 bits per heavy atom. The maximum atomic E-state index is 12.5. The van der Waals surface area contributed by atoms with Gasteiger partial charge in [0, 0.05) is 42.1 Å². The predicted octanol–water partition coefficient (Wildman–Crippen LogP) is 6.66. The molecule has 2 aliphatic rings. The summed E-state index contributed by atoms with van der Waals surface area (Å²) in [5.41, 5.74) is 0.848. The van der Waals surface area contributed by atoms with E-state index < -0.39 is 0 Å². The Labute approximate surface area is 204 Å². The lowest BCUT2D eigenvalue weighted by atomic mass is 9.90. The Kier molecular flexibility index (Phi) is 13.1. The van der Waals surface area contributed by atoms with Crippen LogP contribution < -0.4 is 10.6 Å². The van der Waals surface area contributed by atoms with Crippen LogP contribution in [0.2, 0.25) is 10.0 Å². The molecule has 2 fully saturated rings. The third-order valence-corrected chi connectivity index (χ3v) is 6.97. The van der Waals surface area contributed by atoms with Gasteiger partial charge in [0.25, 0.3) is 0 Å². The summed E-state index contributed by atoms with van der Waals surface area (Å²) in [6.45, 7) is 2.53. The number of nitrogens with one attached hydrogen (secondary N) is 2. The molecule has 7 heteroatoms. The average Bonchev–Trinajstić information content (AvgIpc) is 2.71. The van der Waals surface area contributed by atoms with E-state index in [1.807, 2.05) is 11.0 Å². The van der Waals surface area contributed by atoms with Crippen molar-refractivity contribution < 1.29 is 9.59 Å². The van der Waals surface area contributed by atoms with E-state index in [1.54, 1.807) is 12.1 Å². The van der Waals surface area contributed by atoms with Crippen LogP contribution in [0.15, 0.2) is 18.2 Å². The van der Waals surface area contributed by atoms with Gasteiger partial charge in [0.1, 0.15) is 0 Å². The minimum absolute atomic E-state index is 0. The molecule has 3 amide bonds. The zero-order valence-electron chi connectivity index (χ0n) is 17.6. The van der Waals surface area contributed by atoms with E-state index in [-0.39, 0.29) is 32.7 Å². The number of urea groups is 1. The molecule has 0 radical (unpaired) electrons. The lowest BCUT2D eigenvalue weighted by Gasteiger charge is -2.32. The molecule has 2 N–H and O–H groups in total. The topological polar surface area (TPSA) is 61.4 Å². The Morgan fingerprint density at radius 3 is 2.16 bits per heavy atom. The van der Waals surface area contributed by atoms with Crippen LogP contribution in [0.25, 0.3) is 0 Å². The second-order valence-corrected chi connectivity index (χ2v) is 9.46. The van der Waals surface area contributed by atoms with Gasteiger partial charge in [-0.3, -0.25) is 4.79 Å². The number of hydrogen-bond donors (Lipinski definition) is 2. The van der Waals surface area contributed by atoms with Crippen LogP contribution in [0.5, 0.6) is 0 Å². The van der Waals surface area contributed by atoms with E-state index in [9.17, 15) is 9.59 Å². The molecule has 1 aliphatic carbocycles. The summed E-state index contributed by atoms with van der Waals surface area (Å²) in [6.07, 6.45) is 10.1. The Morgan fingerprint density at radius 2 is 1.53 bits per heavy atom. The van der Waals surface area contributed by atoms with Gasteiger partial charge >= 0.3 is 6.03 Å². The van der Waals surface area contributed by atoms with Crippen LogP contribution >= 0.6 is 23.2 Å². The van der Waals surface area contributed by atoms with E-state index in [1.165, 1.54) is 32.1 Å². The summed E-state index contributed by atoms with van der Waals surface area (Å²) < 4.78 is 0. The van der Waals surface area contributed by atoms with Crippen LogP contribution in [-0.2, 0) is 11.3 Å². The highest BCUT2D eigenvalue weighted by Gasteiger charge is 2.25. The number of carbonyl (C=O) groups is 2. The molecule has 0 aromatic heterocycles. The van der Waals surface area contributed by atoms with E-state index in [0.717, 1.165) is 37.8 Å². The summed E-state index contributed by atoms with van der Waals surface area (Å²) in [7, 11) is 0. The van der Waals surface area contributed by atoms with E-state index in [4.69, 9.17) is 23.2 Å². The van der Waals surface area contributed by atoms with Crippen molar-refractivity contribution >= 4 is 35.1 Å². The number of rotatable bonds is 5. The zero-order valence-corrected chi connectivity index (χ0v) is 19.1. The lowest BCUT2D eigenvalue weighted by molar-refractivity contribution is -0.125. The maximum Gasteiger partial charge on any atom is 0.317 e. The fourth-order valence-corrected chi connectivity index (χ4v) is 4.87. The third kappa shape index (κ3) is 8.82. The predicted molar refractivity (Wildman–Crippen MR) is 135 cm³/mol. The molecule has 1 heterocycles. The second kappa shape index (κ2) is 14.6. The standard InChI is InChI=1S/C23H33Cl2N3O2.2CH4/c24-20-9-8-19(21(25)14-20)16-27-23(30)28-12-10-17(11-13-28)15-26-22(29)18-6-4-2-1-3-5-7-18;;/h8-9,14,17-18H,1-7,10-13,15-16H2,(H,26,29)(H,27,30);2*1H4. The Bertz CT molecular complexity index is 713. The fourth-order valence-electron chi connectivity index (χ4n) is 4.40. The smallest absolute Gasteiger partial charge is 0.317 e. The molecule has 3 rings (SSSR count). The Hall–Kier alpha value is -1.46. The highest BCUT2D eigenvalue weighted by molar-refractivity contribution is 6.35. The molecule has 0 spiro atoms. The van der Waals surface area contributed by atoms with Crippen LogP contribution in [0.3, 0.4) is 0 Å². The van der Waals surface area contributed by atoms with Crippen LogP contribution in [0.1, 0.15) is 78.2 Å². The van der Waals surface area contributed by atoms with Crippen LogP contribution in [0.4, 0.5) is 4.79 Å². The summed E-state index contributed by atoms with van der Waals surface area (Å²) in [6, 6.07) is 5.21. The first-order valence-electron chi connectivity index (χ1n) is 11.3. The third-order valence-electron chi connectivity index (χ3n) is 6.39. The highest BCUT2D eigenvalue weighted by atomic mass is 35.5. The summed E-state index contributed by atoms with van der Waals surface area (Å²) >= 11 is 12.1. The van der Waals surface area contributed by atoms with Gasteiger partial charge < -0.3 is 15.5 Å². The number of amides is 3. The largest absolute Gasteiger partial charge is 0.356 e. The molecular weight excluding hydrogens is 445 g/mol. The van der Waals surface area contributed by atoms with E-state index >= 15 is 0 Å². The number of likely N-dealkylation sites (tertiary alicyclic amines) is 1. The van der Waals surface area contributed by atoms with E-state index in [0.29, 0.717) is 35.6 Å². The first-order valence-corrected chi connectivity index (χ1v) is 12.0. The molecule has 1 aromatic carbocycles. The molecular formula is C25H41Cl2N3O2. The maximum absolute atomic E-state index is 12.5. The molecule has 182 valence electrons. The van der Waals surface area contributed by atoms with Gasteiger partial charge in [-0.2, -0.15) is 0 Å². The van der Waals surface area contributed by atoms with Gasteiger partial charge in [-0.05, 0) is 49.3 Å². The van der Waals surface area contributed by atoms with Crippen LogP contribution in [0, 0.1) is 11.8 Å². The number of carbonyl (C=O) groups excluding carboxylic acids is 2. The number of piperidine rings is 1. The summed E-state index contributed by atoms with van der Waals surface area (Å²) in [4.78, 5) is 26.9. The van der Waals surface area contributed by atoms with Crippen molar-refractivity contribution in [3.63, 3.8) is 0 Å². The molecule has 1 aliphatic heterocycles. The Balaban J connectivity index is 0.00000256. The van der Waals surface area contributed by atoms with Crippen molar-refractivity contribution in [3.05, 3.63) is 33.8 Å².